The van der Waals surface area contributed by atoms with Gasteiger partial charge in [-0.3, -0.25) is 9.59 Å². The zero-order valence-corrected chi connectivity index (χ0v) is 13.7. The van der Waals surface area contributed by atoms with Crippen molar-refractivity contribution in [2.24, 2.45) is 0 Å². The molecule has 0 spiro atoms. The van der Waals surface area contributed by atoms with E-state index in [1.54, 1.807) is 29.2 Å². The lowest BCUT2D eigenvalue weighted by Gasteiger charge is -2.32. The lowest BCUT2D eigenvalue weighted by Crippen LogP contribution is -2.49. The molecule has 1 aromatic rings. The average molecular weight is 320 g/mol. The number of rotatable bonds is 7. The van der Waals surface area contributed by atoms with Gasteiger partial charge in [-0.25, -0.2) is 0 Å². The first kappa shape index (κ1) is 17.3. The Morgan fingerprint density at radius 1 is 1.35 bits per heavy atom. The molecule has 1 aliphatic heterocycles. The Bertz CT molecular complexity index is 528. The number of benzene rings is 1. The van der Waals surface area contributed by atoms with E-state index in [-0.39, 0.29) is 18.2 Å². The Hall–Kier alpha value is -2.08. The van der Waals surface area contributed by atoms with Crippen LogP contribution in [0.4, 0.5) is 5.69 Å². The van der Waals surface area contributed by atoms with E-state index in [1.807, 2.05) is 13.8 Å². The van der Waals surface area contributed by atoms with Crippen LogP contribution in [-0.4, -0.2) is 49.1 Å². The van der Waals surface area contributed by atoms with Gasteiger partial charge in [0.15, 0.2) is 0 Å². The Balaban J connectivity index is 1.87. The summed E-state index contributed by atoms with van der Waals surface area (Å²) in [4.78, 5) is 26.1. The molecule has 1 aromatic carbocycles. The molecule has 2 rings (SSSR count). The van der Waals surface area contributed by atoms with Gasteiger partial charge in [-0.2, -0.15) is 0 Å². The number of hydrogen-bond donors (Lipinski definition) is 1. The van der Waals surface area contributed by atoms with Crippen LogP contribution >= 0.6 is 0 Å². The van der Waals surface area contributed by atoms with Gasteiger partial charge in [-0.15, -0.1) is 0 Å². The van der Waals surface area contributed by atoms with Gasteiger partial charge in [0, 0.05) is 18.8 Å². The molecule has 1 atom stereocenters. The van der Waals surface area contributed by atoms with Crippen molar-refractivity contribution in [3.63, 3.8) is 0 Å². The average Bonchev–Trinajstić information content (AvgIpc) is 2.53. The third-order valence-electron chi connectivity index (χ3n) is 3.58. The molecule has 2 amide bonds. The van der Waals surface area contributed by atoms with E-state index in [0.29, 0.717) is 32.0 Å². The maximum atomic E-state index is 12.2. The Kier molecular flexibility index (Phi) is 6.40. The zero-order chi connectivity index (χ0) is 16.7. The van der Waals surface area contributed by atoms with Crippen LogP contribution in [0.3, 0.4) is 0 Å². The standard InChI is InChI=1S/C17H24N2O4/c1-3-9-19-10-11-23-15(17(19)21)12-16(20)18-13-5-7-14(8-6-13)22-4-2/h5-8,15H,3-4,9-12H2,1-2H3,(H,18,20)/t15-/m0/s1. The molecule has 0 radical (unpaired) electrons. The monoisotopic (exact) mass is 320 g/mol. The van der Waals surface area contributed by atoms with Crippen molar-refractivity contribution in [2.75, 3.05) is 31.6 Å². The highest BCUT2D eigenvalue weighted by molar-refractivity contribution is 5.95. The second-order valence-electron chi connectivity index (χ2n) is 5.39. The molecule has 1 aliphatic rings. The van der Waals surface area contributed by atoms with E-state index >= 15 is 0 Å². The van der Waals surface area contributed by atoms with Gasteiger partial charge in [0.2, 0.25) is 5.91 Å². The van der Waals surface area contributed by atoms with Crippen LogP contribution in [0, 0.1) is 0 Å². The Labute approximate surface area is 136 Å². The maximum absolute atomic E-state index is 12.2. The minimum absolute atomic E-state index is 0.0340. The number of morpholine rings is 1. The smallest absolute Gasteiger partial charge is 0.252 e. The van der Waals surface area contributed by atoms with Crippen molar-refractivity contribution in [1.82, 2.24) is 4.90 Å². The van der Waals surface area contributed by atoms with E-state index in [2.05, 4.69) is 5.32 Å². The van der Waals surface area contributed by atoms with Crippen molar-refractivity contribution in [2.45, 2.75) is 32.8 Å². The molecular formula is C17H24N2O4. The molecule has 0 saturated carbocycles. The molecule has 0 unspecified atom stereocenters. The Morgan fingerprint density at radius 2 is 2.09 bits per heavy atom. The van der Waals surface area contributed by atoms with Crippen LogP contribution < -0.4 is 10.1 Å². The molecule has 126 valence electrons. The summed E-state index contributed by atoms with van der Waals surface area (Å²) in [5, 5.41) is 2.78. The predicted molar refractivity (Wildman–Crippen MR) is 87.5 cm³/mol. The normalized spacial score (nSPS) is 17.9. The molecule has 0 aliphatic carbocycles. The molecule has 1 heterocycles. The summed E-state index contributed by atoms with van der Waals surface area (Å²) in [6, 6.07) is 7.14. The molecule has 23 heavy (non-hydrogen) atoms. The van der Waals surface area contributed by atoms with Crippen LogP contribution in [0.15, 0.2) is 24.3 Å². The quantitative estimate of drug-likeness (QED) is 0.835. The number of carbonyl (C=O) groups excluding carboxylic acids is 2. The van der Waals surface area contributed by atoms with Crippen LogP contribution in [0.5, 0.6) is 5.75 Å². The maximum Gasteiger partial charge on any atom is 0.252 e. The van der Waals surface area contributed by atoms with Gasteiger partial charge < -0.3 is 19.7 Å². The third-order valence-corrected chi connectivity index (χ3v) is 3.58. The molecule has 1 N–H and O–H groups in total. The Morgan fingerprint density at radius 3 is 2.74 bits per heavy atom. The highest BCUT2D eigenvalue weighted by Crippen LogP contribution is 2.17. The first-order chi connectivity index (χ1) is 11.1. The van der Waals surface area contributed by atoms with E-state index in [0.717, 1.165) is 12.2 Å². The van der Waals surface area contributed by atoms with Crippen LogP contribution in [0.25, 0.3) is 0 Å². The zero-order valence-electron chi connectivity index (χ0n) is 13.7. The van der Waals surface area contributed by atoms with Crippen LogP contribution in [0.2, 0.25) is 0 Å². The molecule has 6 nitrogen and oxygen atoms in total. The van der Waals surface area contributed by atoms with Crippen LogP contribution in [0.1, 0.15) is 26.7 Å². The van der Waals surface area contributed by atoms with Gasteiger partial charge >= 0.3 is 0 Å². The lowest BCUT2D eigenvalue weighted by atomic mass is 10.1. The fourth-order valence-corrected chi connectivity index (χ4v) is 2.51. The molecule has 6 heteroatoms. The van der Waals surface area contributed by atoms with E-state index in [9.17, 15) is 9.59 Å². The van der Waals surface area contributed by atoms with Crippen molar-refractivity contribution < 1.29 is 19.1 Å². The van der Waals surface area contributed by atoms with Crippen molar-refractivity contribution in [3.05, 3.63) is 24.3 Å². The van der Waals surface area contributed by atoms with Gasteiger partial charge in [0.05, 0.1) is 19.6 Å². The second-order valence-corrected chi connectivity index (χ2v) is 5.39. The number of amides is 2. The summed E-state index contributed by atoms with van der Waals surface area (Å²) in [5.74, 6) is 0.428. The molecule has 1 saturated heterocycles. The molecule has 0 bridgehead atoms. The number of nitrogens with zero attached hydrogens (tertiary/aromatic N) is 1. The summed E-state index contributed by atoms with van der Waals surface area (Å²) in [7, 11) is 0. The van der Waals surface area contributed by atoms with Gasteiger partial charge in [-0.1, -0.05) is 6.92 Å². The lowest BCUT2D eigenvalue weighted by molar-refractivity contribution is -0.155. The number of anilines is 1. The number of ether oxygens (including phenoxy) is 2. The summed E-state index contributed by atoms with van der Waals surface area (Å²) in [6.07, 6.45) is 0.251. The third kappa shape index (κ3) is 4.96. The highest BCUT2D eigenvalue weighted by atomic mass is 16.5. The number of nitrogens with one attached hydrogen (secondary N) is 1. The summed E-state index contributed by atoms with van der Waals surface area (Å²) in [6.45, 7) is 6.33. The van der Waals surface area contributed by atoms with Gasteiger partial charge in [-0.05, 0) is 37.6 Å². The van der Waals surface area contributed by atoms with Crippen molar-refractivity contribution >= 4 is 17.5 Å². The topological polar surface area (TPSA) is 67.9 Å². The summed E-state index contributed by atoms with van der Waals surface area (Å²) >= 11 is 0. The minimum atomic E-state index is -0.682. The van der Waals surface area contributed by atoms with E-state index in [1.165, 1.54) is 0 Å². The SMILES string of the molecule is CCCN1CCO[C@@H](CC(=O)Nc2ccc(OCC)cc2)C1=O. The number of carbonyl (C=O) groups is 2. The number of hydrogen-bond acceptors (Lipinski definition) is 4. The van der Waals surface area contributed by atoms with E-state index in [4.69, 9.17) is 9.47 Å². The largest absolute Gasteiger partial charge is 0.494 e. The molecular weight excluding hydrogens is 296 g/mol. The molecule has 1 fully saturated rings. The van der Waals surface area contributed by atoms with Gasteiger partial charge in [0.25, 0.3) is 5.91 Å². The van der Waals surface area contributed by atoms with E-state index < -0.39 is 6.10 Å². The fraction of sp³-hybridized carbons (Fsp3) is 0.529. The van der Waals surface area contributed by atoms with Crippen molar-refractivity contribution in [3.8, 4) is 5.75 Å². The van der Waals surface area contributed by atoms with Crippen LogP contribution in [-0.2, 0) is 14.3 Å². The first-order valence-corrected chi connectivity index (χ1v) is 8.07. The van der Waals surface area contributed by atoms with Crippen molar-refractivity contribution in [1.29, 1.82) is 0 Å². The second kappa shape index (κ2) is 8.53. The minimum Gasteiger partial charge on any atom is -0.494 e. The fourth-order valence-electron chi connectivity index (χ4n) is 2.51. The molecule has 0 aromatic heterocycles. The summed E-state index contributed by atoms with van der Waals surface area (Å²) < 4.78 is 10.8. The predicted octanol–water partition coefficient (Wildman–Crippen LogP) is 2.05. The van der Waals surface area contributed by atoms with Gasteiger partial charge in [0.1, 0.15) is 11.9 Å². The highest BCUT2D eigenvalue weighted by Gasteiger charge is 2.30. The summed E-state index contributed by atoms with van der Waals surface area (Å²) in [5.41, 5.74) is 0.673. The first-order valence-electron chi connectivity index (χ1n) is 8.07.